The first kappa shape index (κ1) is 12.0. The lowest BCUT2D eigenvalue weighted by molar-refractivity contribution is -0.173. The number of carbonyl (C=O) groups is 1. The Balaban J connectivity index is 2.68. The summed E-state index contributed by atoms with van der Waals surface area (Å²) in [5.41, 5.74) is 0. The van der Waals surface area contributed by atoms with Gasteiger partial charge < -0.3 is 9.47 Å². The van der Waals surface area contributed by atoms with Gasteiger partial charge in [0.1, 0.15) is 11.1 Å². The summed E-state index contributed by atoms with van der Waals surface area (Å²) >= 11 is 3.39. The van der Waals surface area contributed by atoms with Gasteiger partial charge >= 0.3 is 5.97 Å². The van der Waals surface area contributed by atoms with E-state index in [4.69, 9.17) is 9.47 Å². The molecule has 82 valence electrons. The third-order valence-electron chi connectivity index (χ3n) is 2.99. The van der Waals surface area contributed by atoms with E-state index in [1.165, 1.54) is 6.92 Å². The van der Waals surface area contributed by atoms with Crippen LogP contribution in [-0.2, 0) is 14.3 Å². The summed E-state index contributed by atoms with van der Waals surface area (Å²) in [6, 6.07) is 0. The molecule has 1 saturated heterocycles. The van der Waals surface area contributed by atoms with Crippen LogP contribution >= 0.6 is 15.9 Å². The van der Waals surface area contributed by atoms with Gasteiger partial charge in [0.25, 0.3) is 0 Å². The van der Waals surface area contributed by atoms with E-state index in [0.29, 0.717) is 11.8 Å². The molecule has 2 unspecified atom stereocenters. The molecule has 0 spiro atoms. The molecule has 0 N–H and O–H groups in total. The fourth-order valence-electron chi connectivity index (χ4n) is 1.72. The van der Waals surface area contributed by atoms with Crippen molar-refractivity contribution in [2.45, 2.75) is 44.9 Å². The predicted octanol–water partition coefficient (Wildman–Crippen LogP) is 2.33. The number of halogens is 1. The summed E-state index contributed by atoms with van der Waals surface area (Å²) in [4.78, 5) is 10.9. The molecular formula is C10H17BrO3. The van der Waals surface area contributed by atoms with Crippen molar-refractivity contribution in [2.24, 2.45) is 11.8 Å². The van der Waals surface area contributed by atoms with E-state index in [2.05, 4.69) is 29.8 Å². The van der Waals surface area contributed by atoms with E-state index in [-0.39, 0.29) is 23.2 Å². The molecule has 14 heavy (non-hydrogen) atoms. The Bertz CT molecular complexity index is 219. The Morgan fingerprint density at radius 2 is 1.86 bits per heavy atom. The van der Waals surface area contributed by atoms with Gasteiger partial charge in [0.15, 0.2) is 0 Å². The molecule has 0 aromatic rings. The minimum Gasteiger partial charge on any atom is -0.459 e. The van der Waals surface area contributed by atoms with E-state index in [1.54, 1.807) is 0 Å². The highest BCUT2D eigenvalue weighted by Gasteiger charge is 2.40. The molecule has 0 bridgehead atoms. The first-order chi connectivity index (χ1) is 6.43. The van der Waals surface area contributed by atoms with Gasteiger partial charge in [0, 0.05) is 12.8 Å². The Kier molecular flexibility index (Phi) is 3.95. The Morgan fingerprint density at radius 3 is 2.36 bits per heavy atom. The quantitative estimate of drug-likeness (QED) is 0.539. The van der Waals surface area contributed by atoms with Crippen LogP contribution < -0.4 is 0 Å². The molecule has 0 aromatic heterocycles. The summed E-state index contributed by atoms with van der Waals surface area (Å²) in [7, 11) is 0. The SMILES string of the molecule is CC(=O)OC1[C@@H](C)[C@H](C)C(C)O[C@@H]1Br. The summed E-state index contributed by atoms with van der Waals surface area (Å²) in [5, 5.41) is -0.187. The molecular weight excluding hydrogens is 248 g/mol. The van der Waals surface area contributed by atoms with Gasteiger partial charge in [-0.25, -0.2) is 0 Å². The van der Waals surface area contributed by atoms with Crippen molar-refractivity contribution in [2.75, 3.05) is 0 Å². The van der Waals surface area contributed by atoms with Crippen LogP contribution in [0.25, 0.3) is 0 Å². The van der Waals surface area contributed by atoms with Crippen LogP contribution in [0.15, 0.2) is 0 Å². The van der Waals surface area contributed by atoms with Crippen molar-refractivity contribution >= 4 is 21.9 Å². The fraction of sp³-hybridized carbons (Fsp3) is 0.900. The zero-order valence-electron chi connectivity index (χ0n) is 8.99. The van der Waals surface area contributed by atoms with E-state index in [9.17, 15) is 4.79 Å². The Hall–Kier alpha value is -0.0900. The number of alkyl halides is 1. The number of hydrogen-bond acceptors (Lipinski definition) is 3. The maximum absolute atomic E-state index is 10.9. The standard InChI is InChI=1S/C10H17BrO3/c1-5-6(2)9(14-8(4)12)10(11)13-7(5)3/h5-7,9-10H,1-4H3/t5-,6-,7?,9?,10-/m0/s1. The van der Waals surface area contributed by atoms with Gasteiger partial charge in [-0.2, -0.15) is 0 Å². The normalized spacial score (nSPS) is 43.4. The van der Waals surface area contributed by atoms with Crippen LogP contribution in [0.4, 0.5) is 0 Å². The zero-order chi connectivity index (χ0) is 10.9. The Morgan fingerprint density at radius 1 is 1.29 bits per heavy atom. The molecule has 3 nitrogen and oxygen atoms in total. The van der Waals surface area contributed by atoms with Crippen molar-refractivity contribution in [3.05, 3.63) is 0 Å². The first-order valence-corrected chi connectivity index (χ1v) is 5.81. The second-order valence-corrected chi connectivity index (χ2v) is 4.89. The monoisotopic (exact) mass is 264 g/mol. The minimum atomic E-state index is -0.253. The molecule has 1 aliphatic heterocycles. The molecule has 0 radical (unpaired) electrons. The van der Waals surface area contributed by atoms with Crippen LogP contribution in [0, 0.1) is 11.8 Å². The number of carbonyl (C=O) groups excluding carboxylic acids is 1. The molecule has 1 fully saturated rings. The average molecular weight is 265 g/mol. The largest absolute Gasteiger partial charge is 0.459 e. The smallest absolute Gasteiger partial charge is 0.303 e. The average Bonchev–Trinajstić information content (AvgIpc) is 2.09. The van der Waals surface area contributed by atoms with Gasteiger partial charge in [-0.15, -0.1) is 0 Å². The molecule has 0 aliphatic carbocycles. The van der Waals surface area contributed by atoms with Crippen LogP contribution in [-0.4, -0.2) is 23.2 Å². The summed E-state index contributed by atoms with van der Waals surface area (Å²) in [6.07, 6.45) is 0.0138. The van der Waals surface area contributed by atoms with E-state index >= 15 is 0 Å². The zero-order valence-corrected chi connectivity index (χ0v) is 10.6. The molecule has 5 atom stereocenters. The van der Waals surface area contributed by atoms with Gasteiger partial charge in [0.05, 0.1) is 6.10 Å². The number of ether oxygens (including phenoxy) is 2. The summed E-state index contributed by atoms with van der Waals surface area (Å²) < 4.78 is 10.8. The highest BCUT2D eigenvalue weighted by molar-refractivity contribution is 9.09. The first-order valence-electron chi connectivity index (χ1n) is 4.90. The Labute approximate surface area is 93.3 Å². The molecule has 0 aromatic carbocycles. The third kappa shape index (κ3) is 2.48. The van der Waals surface area contributed by atoms with Crippen LogP contribution in [0.1, 0.15) is 27.7 Å². The fourth-order valence-corrected chi connectivity index (χ4v) is 2.65. The summed E-state index contributed by atoms with van der Waals surface area (Å²) in [5.74, 6) is 0.455. The van der Waals surface area contributed by atoms with E-state index in [1.807, 2.05) is 6.92 Å². The maximum Gasteiger partial charge on any atom is 0.303 e. The maximum atomic E-state index is 10.9. The van der Waals surface area contributed by atoms with Crippen molar-refractivity contribution in [3.63, 3.8) is 0 Å². The number of esters is 1. The number of hydrogen-bond donors (Lipinski definition) is 0. The van der Waals surface area contributed by atoms with Gasteiger partial charge in [-0.1, -0.05) is 29.8 Å². The van der Waals surface area contributed by atoms with Crippen molar-refractivity contribution < 1.29 is 14.3 Å². The van der Waals surface area contributed by atoms with Crippen LogP contribution in [0.5, 0.6) is 0 Å². The van der Waals surface area contributed by atoms with Crippen LogP contribution in [0.3, 0.4) is 0 Å². The third-order valence-corrected chi connectivity index (χ3v) is 3.73. The minimum absolute atomic E-state index is 0.182. The molecule has 4 heteroatoms. The predicted molar refractivity (Wildman–Crippen MR) is 57.1 cm³/mol. The number of rotatable bonds is 1. The lowest BCUT2D eigenvalue weighted by Crippen LogP contribution is -2.47. The van der Waals surface area contributed by atoms with Crippen molar-refractivity contribution in [3.8, 4) is 0 Å². The van der Waals surface area contributed by atoms with Gasteiger partial charge in [-0.05, 0) is 12.8 Å². The topological polar surface area (TPSA) is 35.5 Å². The van der Waals surface area contributed by atoms with Crippen LogP contribution in [0.2, 0.25) is 0 Å². The lowest BCUT2D eigenvalue weighted by Gasteiger charge is -2.40. The molecule has 0 saturated carbocycles. The molecule has 1 rings (SSSR count). The van der Waals surface area contributed by atoms with Gasteiger partial charge in [-0.3, -0.25) is 4.79 Å². The van der Waals surface area contributed by atoms with Gasteiger partial charge in [0.2, 0.25) is 0 Å². The van der Waals surface area contributed by atoms with Crippen molar-refractivity contribution in [1.29, 1.82) is 0 Å². The van der Waals surface area contributed by atoms with E-state index < -0.39 is 0 Å². The highest BCUT2D eigenvalue weighted by atomic mass is 79.9. The molecule has 1 heterocycles. The molecule has 1 aliphatic rings. The van der Waals surface area contributed by atoms with E-state index in [0.717, 1.165) is 0 Å². The highest BCUT2D eigenvalue weighted by Crippen LogP contribution is 2.34. The van der Waals surface area contributed by atoms with Crippen molar-refractivity contribution in [1.82, 2.24) is 0 Å². The lowest BCUT2D eigenvalue weighted by atomic mass is 9.85. The molecule has 0 amide bonds. The summed E-state index contributed by atoms with van der Waals surface area (Å²) in [6.45, 7) is 7.67. The second kappa shape index (κ2) is 4.62. The second-order valence-electron chi connectivity index (χ2n) is 3.98.